The van der Waals surface area contributed by atoms with Crippen LogP contribution in [0.5, 0.6) is 0 Å². The molecule has 0 saturated heterocycles. The highest BCUT2D eigenvalue weighted by Gasteiger charge is 2.91. The zero-order valence-electron chi connectivity index (χ0n) is 21.8. The second-order valence-electron chi connectivity index (χ2n) is 8.00. The first-order chi connectivity index (χ1) is 19.8. The van der Waals surface area contributed by atoms with Crippen molar-refractivity contribution in [1.29, 1.82) is 0 Å². The first-order valence-corrected chi connectivity index (χ1v) is 10.7. The van der Waals surface area contributed by atoms with Crippen LogP contribution in [0, 0.1) is 0 Å². The number of carbonyl (C=O) groups is 2. The summed E-state index contributed by atoms with van der Waals surface area (Å²) in [5, 5.41) is 0. The fourth-order valence-corrected chi connectivity index (χ4v) is 2.58. The molecule has 272 valence electrons. The van der Waals surface area contributed by atoms with E-state index >= 15 is 0 Å². The predicted octanol–water partition coefficient (Wildman–Crippen LogP) is 8.42. The maximum absolute atomic E-state index is 14.0. The summed E-state index contributed by atoms with van der Waals surface area (Å²) in [7, 11) is 0. The number of alkyl halides is 22. The lowest BCUT2D eigenvalue weighted by atomic mass is 9.83. The number of rotatable bonds is 10. The Morgan fingerprint density at radius 3 is 0.848 bits per heavy atom. The Balaban J connectivity index is 0. The van der Waals surface area contributed by atoms with Crippen LogP contribution in [-0.4, -0.2) is 84.9 Å². The summed E-state index contributed by atoms with van der Waals surface area (Å²) >= 11 is 0. The minimum Gasteiger partial charge on any atom is -0.463 e. The molecule has 0 amide bonds. The van der Waals surface area contributed by atoms with Crippen LogP contribution in [0.1, 0.15) is 13.8 Å². The number of hydrogen-bond donors (Lipinski definition) is 0. The summed E-state index contributed by atoms with van der Waals surface area (Å²) in [6.45, 7) is 4.12. The zero-order chi connectivity index (χ0) is 38.1. The molecule has 0 bridgehead atoms. The van der Waals surface area contributed by atoms with Gasteiger partial charge >= 0.3 is 71.7 Å². The highest BCUT2D eigenvalue weighted by atomic mass is 19.4. The SMILES string of the molecule is C=C(C(=O)OCC)C(F)(C(F)(F)F)C(F)(F)C(F)(F)C(F)(F)C(F)(F)F.C=C(C(=O)OCC)C(F)(C(F)(F)F)C(F)(F)C(F)(F)F. The Hall–Kier alpha value is -3.12. The maximum Gasteiger partial charge on any atom is 0.460 e. The van der Waals surface area contributed by atoms with Gasteiger partial charge in [0.2, 0.25) is 0 Å². The van der Waals surface area contributed by atoms with Gasteiger partial charge in [-0.15, -0.1) is 0 Å². The summed E-state index contributed by atoms with van der Waals surface area (Å²) in [5.41, 5.74) is -19.2. The van der Waals surface area contributed by atoms with Crippen LogP contribution in [-0.2, 0) is 19.1 Å². The summed E-state index contributed by atoms with van der Waals surface area (Å²) in [6, 6.07) is 0. The smallest absolute Gasteiger partial charge is 0.460 e. The number of hydrogen-bond acceptors (Lipinski definition) is 4. The minimum atomic E-state index is -7.97. The Labute approximate surface area is 239 Å². The molecule has 0 aliphatic rings. The lowest BCUT2D eigenvalue weighted by Crippen LogP contribution is -2.71. The van der Waals surface area contributed by atoms with Crippen molar-refractivity contribution in [3.8, 4) is 0 Å². The largest absolute Gasteiger partial charge is 0.463 e. The third kappa shape index (κ3) is 7.22. The third-order valence-electron chi connectivity index (χ3n) is 5.02. The second-order valence-corrected chi connectivity index (χ2v) is 8.00. The molecule has 0 spiro atoms. The molecule has 26 heteroatoms. The second kappa shape index (κ2) is 13.2. The Kier molecular flexibility index (Phi) is 12.9. The fraction of sp³-hybridized carbons (Fsp3) is 0.700. The van der Waals surface area contributed by atoms with E-state index in [9.17, 15) is 106 Å². The molecule has 0 aromatic carbocycles. The van der Waals surface area contributed by atoms with Crippen molar-refractivity contribution in [2.75, 3.05) is 13.2 Å². The average Bonchev–Trinajstić information content (AvgIpc) is 2.84. The topological polar surface area (TPSA) is 52.6 Å². The lowest BCUT2D eigenvalue weighted by Gasteiger charge is -2.41. The van der Waals surface area contributed by atoms with Gasteiger partial charge in [-0.05, 0) is 13.8 Å². The van der Waals surface area contributed by atoms with Gasteiger partial charge in [-0.1, -0.05) is 13.2 Å². The van der Waals surface area contributed by atoms with Gasteiger partial charge in [-0.25, -0.2) is 18.4 Å². The summed E-state index contributed by atoms with van der Waals surface area (Å²) in [5.74, 6) is -35.6. The molecular weight excluding hydrogens is 722 g/mol. The first-order valence-electron chi connectivity index (χ1n) is 10.7. The summed E-state index contributed by atoms with van der Waals surface area (Å²) in [4.78, 5) is 21.9. The van der Waals surface area contributed by atoms with Gasteiger partial charge < -0.3 is 9.47 Å². The molecular formula is C20H14F22O4. The molecule has 0 fully saturated rings. The van der Waals surface area contributed by atoms with Crippen LogP contribution < -0.4 is 0 Å². The van der Waals surface area contributed by atoms with E-state index in [0.29, 0.717) is 0 Å². The molecule has 0 rings (SSSR count). The number of halogens is 22. The predicted molar refractivity (Wildman–Crippen MR) is 103 cm³/mol. The standard InChI is InChI=1S/C11H7F13O2.C9H7F9O2/c1-3-26-5(25)4(2)6(12,10(19,20)21)7(13,14)8(15,16)9(17,18)11(22,23)24;1-3-20-5(19)4(2)6(10,8(13,14)15)7(11,12)9(16,17)18/h2-3H2,1H3;2-3H2,1H3. The van der Waals surface area contributed by atoms with Crippen molar-refractivity contribution < 1.29 is 116 Å². The van der Waals surface area contributed by atoms with Crippen molar-refractivity contribution >= 4 is 11.9 Å². The van der Waals surface area contributed by atoms with Gasteiger partial charge in [0.25, 0.3) is 0 Å². The average molecular weight is 736 g/mol. The Bertz CT molecular complexity index is 1130. The van der Waals surface area contributed by atoms with Crippen LogP contribution in [0.25, 0.3) is 0 Å². The molecule has 0 aromatic heterocycles. The molecule has 0 heterocycles. The van der Waals surface area contributed by atoms with Crippen molar-refractivity contribution in [1.82, 2.24) is 0 Å². The van der Waals surface area contributed by atoms with Crippen LogP contribution in [0.15, 0.2) is 24.3 Å². The Morgan fingerprint density at radius 1 is 0.413 bits per heavy atom. The van der Waals surface area contributed by atoms with E-state index in [-0.39, 0.29) is 0 Å². The molecule has 0 N–H and O–H groups in total. The van der Waals surface area contributed by atoms with E-state index in [0.717, 1.165) is 13.8 Å². The zero-order valence-corrected chi connectivity index (χ0v) is 21.8. The molecule has 0 aromatic rings. The van der Waals surface area contributed by atoms with Crippen molar-refractivity contribution in [3.05, 3.63) is 24.3 Å². The van der Waals surface area contributed by atoms with Gasteiger partial charge in [-0.3, -0.25) is 0 Å². The van der Waals surface area contributed by atoms with Crippen molar-refractivity contribution in [2.45, 2.75) is 73.6 Å². The highest BCUT2D eigenvalue weighted by molar-refractivity contribution is 5.91. The highest BCUT2D eigenvalue weighted by Crippen LogP contribution is 2.62. The fourth-order valence-electron chi connectivity index (χ4n) is 2.58. The van der Waals surface area contributed by atoms with Crippen LogP contribution >= 0.6 is 0 Å². The molecule has 2 unspecified atom stereocenters. The third-order valence-corrected chi connectivity index (χ3v) is 5.02. The van der Waals surface area contributed by atoms with E-state index in [1.54, 1.807) is 0 Å². The Morgan fingerprint density at radius 2 is 0.652 bits per heavy atom. The number of esters is 2. The van der Waals surface area contributed by atoms with Crippen molar-refractivity contribution in [3.63, 3.8) is 0 Å². The summed E-state index contributed by atoms with van der Waals surface area (Å²) in [6.07, 6.45) is -28.4. The lowest BCUT2D eigenvalue weighted by molar-refractivity contribution is -0.426. The van der Waals surface area contributed by atoms with Gasteiger partial charge in [0.05, 0.1) is 24.4 Å². The summed E-state index contributed by atoms with van der Waals surface area (Å²) < 4.78 is 286. The quantitative estimate of drug-likeness (QED) is 0.129. The van der Waals surface area contributed by atoms with Gasteiger partial charge in [-0.2, -0.15) is 87.8 Å². The van der Waals surface area contributed by atoms with Crippen LogP contribution in [0.2, 0.25) is 0 Å². The van der Waals surface area contributed by atoms with Gasteiger partial charge in [0, 0.05) is 0 Å². The first kappa shape index (κ1) is 45.0. The monoisotopic (exact) mass is 736 g/mol. The van der Waals surface area contributed by atoms with E-state index in [1.807, 2.05) is 13.2 Å². The van der Waals surface area contributed by atoms with E-state index in [2.05, 4.69) is 9.47 Å². The van der Waals surface area contributed by atoms with E-state index < -0.39 is 96.0 Å². The molecule has 0 aliphatic carbocycles. The number of ether oxygens (including phenoxy) is 2. The molecule has 4 nitrogen and oxygen atoms in total. The molecule has 0 aliphatic heterocycles. The van der Waals surface area contributed by atoms with Crippen LogP contribution in [0.3, 0.4) is 0 Å². The number of carbonyl (C=O) groups excluding carboxylic acids is 2. The molecule has 2 atom stereocenters. The minimum absolute atomic E-state index is 0.677. The maximum atomic E-state index is 14.0. The molecule has 46 heavy (non-hydrogen) atoms. The van der Waals surface area contributed by atoms with E-state index in [1.165, 1.54) is 0 Å². The van der Waals surface area contributed by atoms with Crippen LogP contribution in [0.4, 0.5) is 96.6 Å². The molecule has 0 radical (unpaired) electrons. The van der Waals surface area contributed by atoms with E-state index in [4.69, 9.17) is 0 Å². The van der Waals surface area contributed by atoms with Gasteiger partial charge in [0.1, 0.15) is 0 Å². The normalized spacial score (nSPS) is 16.7. The molecule has 0 saturated carbocycles. The van der Waals surface area contributed by atoms with Gasteiger partial charge in [0.15, 0.2) is 0 Å². The van der Waals surface area contributed by atoms with Crippen molar-refractivity contribution in [2.24, 2.45) is 0 Å².